The second-order valence-corrected chi connectivity index (χ2v) is 5.90. The van der Waals surface area contributed by atoms with Crippen LogP contribution in [0.3, 0.4) is 0 Å². The highest BCUT2D eigenvalue weighted by atomic mass is 16.4. The first-order valence-electron chi connectivity index (χ1n) is 7.37. The summed E-state index contributed by atoms with van der Waals surface area (Å²) in [6.45, 7) is 5.45. The minimum Gasteiger partial charge on any atom is -0.481 e. The lowest BCUT2D eigenvalue weighted by molar-refractivity contribution is -0.144. The fraction of sp³-hybridized carbons (Fsp3) is 0.471. The molecule has 0 saturated heterocycles. The van der Waals surface area contributed by atoms with Gasteiger partial charge in [0.2, 0.25) is 0 Å². The van der Waals surface area contributed by atoms with E-state index in [4.69, 9.17) is 5.26 Å². The average molecular weight is 302 g/mol. The topological polar surface area (TPSA) is 90.2 Å². The molecule has 1 atom stereocenters. The van der Waals surface area contributed by atoms with Gasteiger partial charge in [-0.2, -0.15) is 5.26 Å². The molecule has 1 amide bonds. The molecular weight excluding hydrogens is 280 g/mol. The van der Waals surface area contributed by atoms with Gasteiger partial charge in [-0.15, -0.1) is 0 Å². The predicted octanol–water partition coefficient (Wildman–Crippen LogP) is 2.96. The number of nitriles is 1. The number of benzene rings is 1. The van der Waals surface area contributed by atoms with Crippen molar-refractivity contribution in [3.63, 3.8) is 0 Å². The van der Waals surface area contributed by atoms with Crippen LogP contribution in [0.25, 0.3) is 0 Å². The van der Waals surface area contributed by atoms with Crippen LogP contribution < -0.4 is 5.32 Å². The molecule has 118 valence electrons. The average Bonchev–Trinajstić information content (AvgIpc) is 2.46. The van der Waals surface area contributed by atoms with E-state index in [0.717, 1.165) is 12.8 Å². The van der Waals surface area contributed by atoms with Crippen molar-refractivity contribution in [2.45, 2.75) is 45.6 Å². The summed E-state index contributed by atoms with van der Waals surface area (Å²) in [5.41, 5.74) is 0.0280. The number of nitrogens with zero attached hydrogens (tertiary/aromatic N) is 1. The largest absolute Gasteiger partial charge is 0.481 e. The van der Waals surface area contributed by atoms with E-state index in [2.05, 4.69) is 5.32 Å². The molecule has 5 nitrogen and oxygen atoms in total. The lowest BCUT2D eigenvalue weighted by atomic mass is 9.83. The van der Waals surface area contributed by atoms with Gasteiger partial charge in [0.1, 0.15) is 0 Å². The number of carbonyl (C=O) groups is 2. The van der Waals surface area contributed by atoms with Crippen molar-refractivity contribution in [1.29, 1.82) is 5.26 Å². The van der Waals surface area contributed by atoms with Gasteiger partial charge < -0.3 is 10.4 Å². The minimum absolute atomic E-state index is 0.336. The zero-order valence-electron chi connectivity index (χ0n) is 13.2. The molecule has 0 bridgehead atoms. The maximum atomic E-state index is 12.3. The molecular formula is C17H22N2O3. The maximum Gasteiger partial charge on any atom is 0.308 e. The summed E-state index contributed by atoms with van der Waals surface area (Å²) < 4.78 is 0. The molecule has 0 aromatic heterocycles. The van der Waals surface area contributed by atoms with Crippen LogP contribution in [0.15, 0.2) is 24.3 Å². The third-order valence-electron chi connectivity index (χ3n) is 3.73. The number of carbonyl (C=O) groups excluding carboxylic acids is 1. The number of hydrogen-bond donors (Lipinski definition) is 2. The van der Waals surface area contributed by atoms with Crippen molar-refractivity contribution in [2.75, 3.05) is 0 Å². The number of hydrogen-bond acceptors (Lipinski definition) is 3. The number of nitrogens with one attached hydrogen (secondary N) is 1. The van der Waals surface area contributed by atoms with E-state index >= 15 is 0 Å². The monoisotopic (exact) mass is 302 g/mol. The Kier molecular flexibility index (Phi) is 6.11. The van der Waals surface area contributed by atoms with Gasteiger partial charge in [0.15, 0.2) is 0 Å². The van der Waals surface area contributed by atoms with Crippen LogP contribution in [0.4, 0.5) is 0 Å². The Bertz CT molecular complexity index is 571. The van der Waals surface area contributed by atoms with Crippen molar-refractivity contribution in [2.24, 2.45) is 5.92 Å². The summed E-state index contributed by atoms with van der Waals surface area (Å²) in [6.07, 6.45) is 2.23. The number of amides is 1. The summed E-state index contributed by atoms with van der Waals surface area (Å²) in [6, 6.07) is 8.24. The highest BCUT2D eigenvalue weighted by Crippen LogP contribution is 2.23. The molecule has 5 heteroatoms. The van der Waals surface area contributed by atoms with Crippen LogP contribution in [-0.2, 0) is 4.79 Å². The van der Waals surface area contributed by atoms with Crippen LogP contribution in [0.5, 0.6) is 0 Å². The lowest BCUT2D eigenvalue weighted by Gasteiger charge is -2.32. The molecule has 0 spiro atoms. The van der Waals surface area contributed by atoms with Crippen LogP contribution in [0.2, 0.25) is 0 Å². The van der Waals surface area contributed by atoms with E-state index in [1.807, 2.05) is 13.0 Å². The van der Waals surface area contributed by atoms with E-state index in [-0.39, 0.29) is 5.91 Å². The number of rotatable bonds is 7. The minimum atomic E-state index is -0.904. The molecule has 0 heterocycles. The highest BCUT2D eigenvalue weighted by Gasteiger charge is 2.36. The van der Waals surface area contributed by atoms with E-state index < -0.39 is 17.4 Å². The molecule has 0 radical (unpaired) electrons. The maximum absolute atomic E-state index is 12.3. The highest BCUT2D eigenvalue weighted by molar-refractivity contribution is 5.95. The molecule has 1 unspecified atom stereocenters. The van der Waals surface area contributed by atoms with E-state index in [1.54, 1.807) is 38.1 Å². The van der Waals surface area contributed by atoms with E-state index in [1.165, 1.54) is 0 Å². The first-order chi connectivity index (χ1) is 10.3. The summed E-state index contributed by atoms with van der Waals surface area (Å²) in [7, 11) is 0. The molecule has 22 heavy (non-hydrogen) atoms. The van der Waals surface area contributed by atoms with Crippen LogP contribution >= 0.6 is 0 Å². The van der Waals surface area contributed by atoms with Gasteiger partial charge in [0.05, 0.1) is 17.6 Å². The summed E-state index contributed by atoms with van der Waals surface area (Å²) >= 11 is 0. The first-order valence-corrected chi connectivity index (χ1v) is 7.37. The van der Waals surface area contributed by atoms with E-state index in [0.29, 0.717) is 17.5 Å². The summed E-state index contributed by atoms with van der Waals surface area (Å²) in [5, 5.41) is 21.0. The van der Waals surface area contributed by atoms with Crippen molar-refractivity contribution < 1.29 is 14.7 Å². The van der Waals surface area contributed by atoms with Gasteiger partial charge in [-0.1, -0.05) is 19.8 Å². The number of carboxylic acids is 1. The Morgan fingerprint density at radius 3 is 2.36 bits per heavy atom. The van der Waals surface area contributed by atoms with Gasteiger partial charge in [0, 0.05) is 11.1 Å². The number of carboxylic acid groups (broad SMARTS) is 1. The van der Waals surface area contributed by atoms with Crippen molar-refractivity contribution >= 4 is 11.9 Å². The smallest absolute Gasteiger partial charge is 0.308 e. The molecule has 0 saturated carbocycles. The van der Waals surface area contributed by atoms with Crippen LogP contribution in [-0.4, -0.2) is 22.5 Å². The molecule has 1 rings (SSSR count). The lowest BCUT2D eigenvalue weighted by Crippen LogP contribution is -2.51. The molecule has 2 N–H and O–H groups in total. The van der Waals surface area contributed by atoms with Crippen LogP contribution in [0.1, 0.15) is 56.0 Å². The van der Waals surface area contributed by atoms with Gasteiger partial charge in [-0.3, -0.25) is 9.59 Å². The Labute approximate surface area is 131 Å². The summed E-state index contributed by atoms with van der Waals surface area (Å²) in [4.78, 5) is 23.7. The zero-order chi connectivity index (χ0) is 16.8. The Hall–Kier alpha value is -2.35. The van der Waals surface area contributed by atoms with Crippen LogP contribution in [0, 0.1) is 17.2 Å². The fourth-order valence-corrected chi connectivity index (χ4v) is 2.35. The Morgan fingerprint density at radius 1 is 1.32 bits per heavy atom. The number of aliphatic carboxylic acids is 1. The fourth-order valence-electron chi connectivity index (χ4n) is 2.35. The van der Waals surface area contributed by atoms with Gasteiger partial charge in [-0.05, 0) is 44.5 Å². The third-order valence-corrected chi connectivity index (χ3v) is 3.73. The van der Waals surface area contributed by atoms with Gasteiger partial charge in [-0.25, -0.2) is 0 Å². The van der Waals surface area contributed by atoms with Crippen molar-refractivity contribution in [3.8, 4) is 6.07 Å². The second-order valence-electron chi connectivity index (χ2n) is 5.90. The second kappa shape index (κ2) is 7.60. The molecule has 1 aromatic carbocycles. The zero-order valence-corrected chi connectivity index (χ0v) is 13.2. The third kappa shape index (κ3) is 4.59. The number of unbranched alkanes of at least 4 members (excludes halogenated alkanes) is 1. The van der Waals surface area contributed by atoms with Gasteiger partial charge in [0.25, 0.3) is 5.91 Å². The van der Waals surface area contributed by atoms with Gasteiger partial charge >= 0.3 is 5.97 Å². The quantitative estimate of drug-likeness (QED) is 0.810. The normalized spacial score (nSPS) is 12.3. The molecule has 0 aliphatic heterocycles. The van der Waals surface area contributed by atoms with Crippen molar-refractivity contribution in [3.05, 3.63) is 35.4 Å². The molecule has 0 fully saturated rings. The first kappa shape index (κ1) is 17.7. The van der Waals surface area contributed by atoms with Crippen molar-refractivity contribution in [1.82, 2.24) is 5.32 Å². The predicted molar refractivity (Wildman–Crippen MR) is 83.4 cm³/mol. The molecule has 0 aliphatic carbocycles. The molecule has 0 aliphatic rings. The molecule has 1 aromatic rings. The standard InChI is InChI=1S/C17H22N2O3/c1-4-5-6-14(16(21)22)17(2,3)19-15(20)13-9-7-12(11-18)8-10-13/h7-10,14H,4-6H2,1-3H3,(H,19,20)(H,21,22). The SMILES string of the molecule is CCCCC(C(=O)O)C(C)(C)NC(=O)c1ccc(C#N)cc1. The Morgan fingerprint density at radius 2 is 1.91 bits per heavy atom. The van der Waals surface area contributed by atoms with E-state index in [9.17, 15) is 14.7 Å². The summed E-state index contributed by atoms with van der Waals surface area (Å²) in [5.74, 6) is -1.88. The Balaban J connectivity index is 2.86.